The summed E-state index contributed by atoms with van der Waals surface area (Å²) < 4.78 is 15.4. The van der Waals surface area contributed by atoms with Gasteiger partial charge in [-0.1, -0.05) is 109 Å². The molecule has 3 nitrogen and oxygen atoms in total. The van der Waals surface area contributed by atoms with Crippen molar-refractivity contribution in [2.45, 2.75) is 0 Å². The number of rotatable bonds is 3. The molecule has 2 aliphatic heterocycles. The van der Waals surface area contributed by atoms with E-state index in [2.05, 4.69) is 150 Å². The van der Waals surface area contributed by atoms with E-state index in [9.17, 15) is 0 Å². The second-order valence-corrected chi connectivity index (χ2v) is 12.1. The number of ether oxygens (including phenoxy) is 2. The third-order valence-corrected chi connectivity index (χ3v) is 9.55. The number of hydrogen-bond donors (Lipinski definition) is 0. The highest BCUT2D eigenvalue weighted by Gasteiger charge is 2.40. The van der Waals surface area contributed by atoms with Gasteiger partial charge in [0.1, 0.15) is 23.0 Å². The molecule has 0 spiro atoms. The number of para-hydroxylation sites is 2. The SMILES string of the molecule is c1ccc(-c2ccc3c(c2)B2c4ccc(-c5ccc(-n6c7ccccc7c7ccccc76)cc5)cc4Oc4cccc(c42)O3)cc1. The van der Waals surface area contributed by atoms with Crippen LogP contribution in [0.25, 0.3) is 49.7 Å². The van der Waals surface area contributed by atoms with Gasteiger partial charge in [-0.2, -0.15) is 0 Å². The Labute approximate surface area is 267 Å². The summed E-state index contributed by atoms with van der Waals surface area (Å²) in [7, 11) is 0. The van der Waals surface area contributed by atoms with Crippen LogP contribution in [0, 0.1) is 0 Å². The molecule has 0 fully saturated rings. The zero-order chi connectivity index (χ0) is 30.2. The van der Waals surface area contributed by atoms with E-state index in [1.165, 1.54) is 32.9 Å². The molecule has 3 heterocycles. The van der Waals surface area contributed by atoms with Crippen molar-refractivity contribution >= 4 is 44.9 Å². The van der Waals surface area contributed by atoms with E-state index in [4.69, 9.17) is 9.47 Å². The molecule has 0 aliphatic carbocycles. The number of aromatic nitrogens is 1. The molecule has 4 heteroatoms. The summed E-state index contributed by atoms with van der Waals surface area (Å²) in [6, 6.07) is 55.9. The van der Waals surface area contributed by atoms with E-state index >= 15 is 0 Å². The molecule has 46 heavy (non-hydrogen) atoms. The highest BCUT2D eigenvalue weighted by molar-refractivity contribution is 6.98. The van der Waals surface area contributed by atoms with Crippen molar-refractivity contribution in [3.63, 3.8) is 0 Å². The van der Waals surface area contributed by atoms with E-state index < -0.39 is 0 Å². The van der Waals surface area contributed by atoms with Crippen LogP contribution in [0.1, 0.15) is 0 Å². The first kappa shape index (κ1) is 25.3. The Bertz CT molecular complexity index is 2430. The summed E-state index contributed by atoms with van der Waals surface area (Å²) in [6.45, 7) is 0.0223. The van der Waals surface area contributed by atoms with Gasteiger partial charge in [-0.3, -0.25) is 0 Å². The third-order valence-electron chi connectivity index (χ3n) is 9.55. The smallest absolute Gasteiger partial charge is 0.260 e. The lowest BCUT2D eigenvalue weighted by Gasteiger charge is -2.33. The average molecular weight is 587 g/mol. The van der Waals surface area contributed by atoms with Gasteiger partial charge < -0.3 is 14.0 Å². The fourth-order valence-corrected chi connectivity index (χ4v) is 7.42. The molecular weight excluding hydrogens is 561 g/mol. The van der Waals surface area contributed by atoms with Crippen LogP contribution in [0.15, 0.2) is 158 Å². The molecular formula is C42H26BNO2. The van der Waals surface area contributed by atoms with Gasteiger partial charge in [0.25, 0.3) is 6.71 Å². The predicted molar refractivity (Wildman–Crippen MR) is 189 cm³/mol. The number of benzene rings is 7. The average Bonchev–Trinajstić information content (AvgIpc) is 3.46. The van der Waals surface area contributed by atoms with Crippen LogP contribution >= 0.6 is 0 Å². The lowest BCUT2D eigenvalue weighted by Crippen LogP contribution is -2.57. The second kappa shape index (κ2) is 9.75. The Hall–Kier alpha value is -6.00. The second-order valence-electron chi connectivity index (χ2n) is 12.1. The van der Waals surface area contributed by atoms with Gasteiger partial charge in [0.15, 0.2) is 0 Å². The molecule has 10 rings (SSSR count). The summed E-state index contributed by atoms with van der Waals surface area (Å²) in [5.74, 6) is 3.49. The summed E-state index contributed by atoms with van der Waals surface area (Å²) in [5, 5.41) is 2.53. The molecule has 0 saturated heterocycles. The van der Waals surface area contributed by atoms with Crippen molar-refractivity contribution in [1.29, 1.82) is 0 Å². The first-order valence-corrected chi connectivity index (χ1v) is 15.7. The van der Waals surface area contributed by atoms with Crippen LogP contribution in [-0.4, -0.2) is 11.3 Å². The van der Waals surface area contributed by atoms with Gasteiger partial charge >= 0.3 is 0 Å². The van der Waals surface area contributed by atoms with Gasteiger partial charge in [-0.25, -0.2) is 0 Å². The zero-order valence-electron chi connectivity index (χ0n) is 24.9. The molecule has 0 unspecified atom stereocenters. The van der Waals surface area contributed by atoms with Crippen LogP contribution in [0.5, 0.6) is 23.0 Å². The Morgan fingerprint density at radius 2 is 0.978 bits per heavy atom. The lowest BCUT2D eigenvalue weighted by atomic mass is 9.34. The Balaban J connectivity index is 1.07. The summed E-state index contributed by atoms with van der Waals surface area (Å²) in [6.07, 6.45) is 0. The number of fused-ring (bicyclic) bond motifs is 7. The Morgan fingerprint density at radius 3 is 1.72 bits per heavy atom. The molecule has 8 aromatic rings. The van der Waals surface area contributed by atoms with Crippen molar-refractivity contribution in [3.8, 4) is 50.9 Å². The van der Waals surface area contributed by atoms with Crippen LogP contribution in [0.4, 0.5) is 0 Å². The van der Waals surface area contributed by atoms with Crippen LogP contribution < -0.4 is 25.9 Å². The predicted octanol–water partition coefficient (Wildman–Crippen LogP) is 8.85. The lowest BCUT2D eigenvalue weighted by molar-refractivity contribution is 0.464. The molecule has 0 bridgehead atoms. The minimum absolute atomic E-state index is 0.0223. The molecule has 1 aromatic heterocycles. The third kappa shape index (κ3) is 3.74. The first-order chi connectivity index (χ1) is 22.8. The summed E-state index contributed by atoms with van der Waals surface area (Å²) >= 11 is 0. The summed E-state index contributed by atoms with van der Waals surface area (Å²) in [4.78, 5) is 0. The minimum atomic E-state index is 0.0223. The maximum absolute atomic E-state index is 6.61. The van der Waals surface area contributed by atoms with Crippen LogP contribution in [-0.2, 0) is 0 Å². The van der Waals surface area contributed by atoms with E-state index in [-0.39, 0.29) is 6.71 Å². The van der Waals surface area contributed by atoms with E-state index in [0.717, 1.165) is 56.2 Å². The number of hydrogen-bond acceptors (Lipinski definition) is 2. The number of nitrogens with zero attached hydrogens (tertiary/aromatic N) is 1. The van der Waals surface area contributed by atoms with E-state index in [1.54, 1.807) is 0 Å². The highest BCUT2D eigenvalue weighted by atomic mass is 16.5. The van der Waals surface area contributed by atoms with Crippen molar-refractivity contribution in [2.24, 2.45) is 0 Å². The van der Waals surface area contributed by atoms with Crippen LogP contribution in [0.2, 0.25) is 0 Å². The quantitative estimate of drug-likeness (QED) is 0.193. The fourth-order valence-electron chi connectivity index (χ4n) is 7.42. The maximum Gasteiger partial charge on any atom is 0.260 e. The maximum atomic E-state index is 6.61. The van der Waals surface area contributed by atoms with Gasteiger partial charge in [-0.05, 0) is 81.7 Å². The molecule has 0 radical (unpaired) electrons. The topological polar surface area (TPSA) is 23.4 Å². The Kier molecular flexibility index (Phi) is 5.37. The van der Waals surface area contributed by atoms with Gasteiger partial charge in [0.05, 0.1) is 11.0 Å². The normalized spacial score (nSPS) is 12.7. The molecule has 0 N–H and O–H groups in total. The summed E-state index contributed by atoms with van der Waals surface area (Å²) in [5.41, 5.74) is 11.6. The monoisotopic (exact) mass is 587 g/mol. The first-order valence-electron chi connectivity index (χ1n) is 15.7. The molecule has 214 valence electrons. The van der Waals surface area contributed by atoms with Gasteiger partial charge in [0.2, 0.25) is 0 Å². The molecule has 2 aliphatic rings. The standard InChI is InChI=1S/C42H26BNO2/c1-2-9-27(10-3-1)29-20-24-38-35(25-29)43-34-23-19-30(26-41(34)46-40-16-8-15-39(45-38)42(40)43)28-17-21-31(22-18-28)44-36-13-6-4-11-32(36)33-12-5-7-14-37(33)44/h1-26H. The van der Waals surface area contributed by atoms with Crippen molar-refractivity contribution in [2.75, 3.05) is 0 Å². The largest absolute Gasteiger partial charge is 0.458 e. The zero-order valence-corrected chi connectivity index (χ0v) is 24.9. The Morgan fingerprint density at radius 1 is 0.391 bits per heavy atom. The van der Waals surface area contributed by atoms with E-state index in [0.29, 0.717) is 0 Å². The highest BCUT2D eigenvalue weighted by Crippen LogP contribution is 2.37. The molecule has 7 aromatic carbocycles. The van der Waals surface area contributed by atoms with Crippen molar-refractivity contribution < 1.29 is 9.47 Å². The van der Waals surface area contributed by atoms with Crippen LogP contribution in [0.3, 0.4) is 0 Å². The van der Waals surface area contributed by atoms with Crippen molar-refractivity contribution in [1.82, 2.24) is 4.57 Å². The molecule has 0 atom stereocenters. The van der Waals surface area contributed by atoms with Gasteiger partial charge in [-0.15, -0.1) is 0 Å². The van der Waals surface area contributed by atoms with Crippen molar-refractivity contribution in [3.05, 3.63) is 158 Å². The molecule has 0 amide bonds. The fraction of sp³-hybridized carbons (Fsp3) is 0. The minimum Gasteiger partial charge on any atom is -0.458 e. The van der Waals surface area contributed by atoms with E-state index in [1.807, 2.05) is 12.1 Å². The molecule has 0 saturated carbocycles. The van der Waals surface area contributed by atoms with Gasteiger partial charge in [0, 0.05) is 21.9 Å².